The second-order valence-corrected chi connectivity index (χ2v) is 5.85. The van der Waals surface area contributed by atoms with Gasteiger partial charge in [-0.1, -0.05) is 0 Å². The van der Waals surface area contributed by atoms with Crippen LogP contribution in [0, 0.1) is 0 Å². The quantitative estimate of drug-likeness (QED) is 0.414. The molecule has 0 amide bonds. The Balaban J connectivity index is -0.000000312. The van der Waals surface area contributed by atoms with E-state index in [0.29, 0.717) is 13.0 Å². The van der Waals surface area contributed by atoms with Gasteiger partial charge in [0.2, 0.25) is 0 Å². The van der Waals surface area contributed by atoms with Crippen molar-refractivity contribution in [3.63, 3.8) is 0 Å². The summed E-state index contributed by atoms with van der Waals surface area (Å²) in [5.41, 5.74) is 0. The molecule has 11 heteroatoms. The Bertz CT molecular complexity index is 471. The molecule has 1 fully saturated rings. The largest absolute Gasteiger partial charge is 0.481 e. The molecule has 0 unspecified atom stereocenters. The summed E-state index contributed by atoms with van der Waals surface area (Å²) in [5, 5.41) is 23.6. The van der Waals surface area contributed by atoms with E-state index in [2.05, 4.69) is 0 Å². The van der Waals surface area contributed by atoms with Crippen LogP contribution in [0.15, 0.2) is 0 Å². The summed E-state index contributed by atoms with van der Waals surface area (Å²) in [6.07, 6.45) is 2.75. The van der Waals surface area contributed by atoms with Gasteiger partial charge in [-0.25, -0.2) is 0 Å². The van der Waals surface area contributed by atoms with E-state index in [-0.39, 0.29) is 42.6 Å². The highest BCUT2D eigenvalue weighted by atomic mass is 16.5. The van der Waals surface area contributed by atoms with Gasteiger partial charge in [0.1, 0.15) is 36.6 Å². The van der Waals surface area contributed by atoms with E-state index in [4.69, 9.17) is 20.1 Å². The van der Waals surface area contributed by atoms with Crippen LogP contribution >= 0.6 is 0 Å². The molecule has 1 heterocycles. The minimum atomic E-state index is -1.06. The summed E-state index contributed by atoms with van der Waals surface area (Å²) in [6.45, 7) is 4.37. The van der Waals surface area contributed by atoms with Crippen LogP contribution in [0.5, 0.6) is 0 Å². The maximum Gasteiger partial charge on any atom is 0.310 e. The first-order valence-corrected chi connectivity index (χ1v) is 8.57. The van der Waals surface area contributed by atoms with Gasteiger partial charge in [-0.3, -0.25) is 33.6 Å². The number of esters is 1. The van der Waals surface area contributed by atoms with E-state index in [1.54, 1.807) is 0 Å². The van der Waals surface area contributed by atoms with Crippen LogP contribution in [0.3, 0.4) is 0 Å². The lowest BCUT2D eigenvalue weighted by Crippen LogP contribution is -2.00. The molecule has 11 nitrogen and oxygen atoms in total. The highest BCUT2D eigenvalue weighted by molar-refractivity contribution is 5.93. The van der Waals surface area contributed by atoms with Gasteiger partial charge in [0.15, 0.2) is 0 Å². The highest BCUT2D eigenvalue weighted by Crippen LogP contribution is 2.06. The van der Waals surface area contributed by atoms with Crippen LogP contribution < -0.4 is 0 Å². The molecular formula is C18H28O11. The van der Waals surface area contributed by atoms with Crippen LogP contribution in [0.4, 0.5) is 0 Å². The average molecular weight is 420 g/mol. The number of hydrogen-bond acceptors (Lipinski definition) is 8. The zero-order valence-corrected chi connectivity index (χ0v) is 16.8. The van der Waals surface area contributed by atoms with Gasteiger partial charge in [-0.15, -0.1) is 0 Å². The number of carbonyl (C=O) groups is 7. The number of Topliss-reactive ketones (excluding diaryl/α,β-unsaturated/α-hetero) is 3. The minimum Gasteiger partial charge on any atom is -0.481 e. The van der Waals surface area contributed by atoms with Crippen molar-refractivity contribution in [2.45, 2.75) is 65.7 Å². The monoisotopic (exact) mass is 420 g/mol. The van der Waals surface area contributed by atoms with Crippen LogP contribution in [0.25, 0.3) is 0 Å². The van der Waals surface area contributed by atoms with Gasteiger partial charge in [-0.2, -0.15) is 0 Å². The Morgan fingerprint density at radius 1 is 0.690 bits per heavy atom. The molecule has 0 radical (unpaired) electrons. The lowest BCUT2D eigenvalue weighted by molar-refractivity contribution is -0.143. The van der Waals surface area contributed by atoms with Gasteiger partial charge < -0.3 is 20.1 Å². The van der Waals surface area contributed by atoms with Crippen molar-refractivity contribution in [2.24, 2.45) is 0 Å². The zero-order chi connectivity index (χ0) is 23.4. The molecule has 0 saturated carbocycles. The maximum atomic E-state index is 10.5. The number of carboxylic acids is 3. The molecule has 0 spiro atoms. The smallest absolute Gasteiger partial charge is 0.310 e. The highest BCUT2D eigenvalue weighted by Gasteiger charge is 2.05. The van der Waals surface area contributed by atoms with Crippen molar-refractivity contribution in [1.29, 1.82) is 0 Å². The maximum absolute atomic E-state index is 10.5. The molecule has 0 aliphatic carbocycles. The first-order chi connectivity index (χ1) is 13.3. The molecule has 166 valence electrons. The second kappa shape index (κ2) is 19.6. The zero-order valence-electron chi connectivity index (χ0n) is 16.8. The molecule has 0 aromatic rings. The summed E-state index contributed by atoms with van der Waals surface area (Å²) in [5.74, 6) is -4.15. The number of ketones is 3. The van der Waals surface area contributed by atoms with Crippen molar-refractivity contribution in [1.82, 2.24) is 0 Å². The van der Waals surface area contributed by atoms with E-state index >= 15 is 0 Å². The Labute approximate surface area is 168 Å². The first kappa shape index (κ1) is 30.6. The number of aliphatic carboxylic acids is 3. The number of carbonyl (C=O) groups excluding carboxylic acids is 4. The topological polar surface area (TPSA) is 189 Å². The summed E-state index contributed by atoms with van der Waals surface area (Å²) < 4.78 is 4.76. The van der Waals surface area contributed by atoms with Crippen molar-refractivity contribution in [2.75, 3.05) is 6.61 Å². The summed E-state index contributed by atoms with van der Waals surface area (Å²) in [4.78, 5) is 68.8. The molecule has 0 aromatic heterocycles. The Kier molecular flexibility index (Phi) is 20.7. The van der Waals surface area contributed by atoms with Crippen LogP contribution in [-0.4, -0.2) is 63.2 Å². The third-order valence-electron chi connectivity index (χ3n) is 2.49. The fourth-order valence-electron chi connectivity index (χ4n) is 1.45. The van der Waals surface area contributed by atoms with Crippen molar-refractivity contribution < 1.29 is 53.6 Å². The molecule has 29 heavy (non-hydrogen) atoms. The van der Waals surface area contributed by atoms with E-state index in [9.17, 15) is 33.6 Å². The van der Waals surface area contributed by atoms with Crippen molar-refractivity contribution in [3.05, 3.63) is 0 Å². The molecule has 3 N–H and O–H groups in total. The third kappa shape index (κ3) is 40.7. The van der Waals surface area contributed by atoms with Crippen molar-refractivity contribution >= 4 is 41.2 Å². The Morgan fingerprint density at radius 2 is 1.03 bits per heavy atom. The first-order valence-electron chi connectivity index (χ1n) is 8.57. The summed E-state index contributed by atoms with van der Waals surface area (Å²) in [7, 11) is 0. The molecular weight excluding hydrogens is 392 g/mol. The molecule has 0 aromatic carbocycles. The number of hydrogen-bond donors (Lipinski definition) is 3. The van der Waals surface area contributed by atoms with E-state index in [0.717, 1.165) is 19.3 Å². The SMILES string of the molecule is CC(=O)CC(=O)O.CC(=O)CC(=O)O.CC(=O)CC(=O)O.O=C1CCCCCO1. The van der Waals surface area contributed by atoms with Crippen molar-refractivity contribution in [3.8, 4) is 0 Å². The molecule has 0 atom stereocenters. The average Bonchev–Trinajstić information content (AvgIpc) is 2.72. The van der Waals surface area contributed by atoms with Gasteiger partial charge in [0.05, 0.1) is 6.61 Å². The van der Waals surface area contributed by atoms with Gasteiger partial charge >= 0.3 is 23.9 Å². The fourth-order valence-corrected chi connectivity index (χ4v) is 1.45. The Morgan fingerprint density at radius 3 is 1.28 bits per heavy atom. The Hall–Kier alpha value is -3.11. The lowest BCUT2D eigenvalue weighted by atomic mass is 10.2. The van der Waals surface area contributed by atoms with Crippen LogP contribution in [0.2, 0.25) is 0 Å². The number of rotatable bonds is 6. The molecule has 1 aliphatic rings. The minimum absolute atomic E-state index is 0.0255. The van der Waals surface area contributed by atoms with E-state index in [1.807, 2.05) is 0 Å². The third-order valence-corrected chi connectivity index (χ3v) is 2.49. The fraction of sp³-hybridized carbons (Fsp3) is 0.611. The normalized spacial score (nSPS) is 11.9. The van der Waals surface area contributed by atoms with E-state index < -0.39 is 17.9 Å². The van der Waals surface area contributed by atoms with E-state index in [1.165, 1.54) is 20.8 Å². The van der Waals surface area contributed by atoms with Gasteiger partial charge in [-0.05, 0) is 40.0 Å². The number of ether oxygens (including phenoxy) is 1. The standard InChI is InChI=1S/C6H10O2.3C4H6O3/c7-6-4-2-1-3-5-8-6;3*1-3(5)2-4(6)7/h1-5H2;3*2H2,1H3,(H,6,7). The molecule has 1 rings (SSSR count). The van der Waals surface area contributed by atoms with Gasteiger partial charge in [0.25, 0.3) is 0 Å². The molecule has 1 aliphatic heterocycles. The summed E-state index contributed by atoms with van der Waals surface area (Å²) >= 11 is 0. The molecule has 0 bridgehead atoms. The molecule has 1 saturated heterocycles. The van der Waals surface area contributed by atoms with Gasteiger partial charge in [0, 0.05) is 6.42 Å². The van der Waals surface area contributed by atoms with Crippen LogP contribution in [-0.2, 0) is 38.3 Å². The summed E-state index contributed by atoms with van der Waals surface area (Å²) in [6, 6.07) is 0. The predicted molar refractivity (Wildman–Crippen MR) is 98.2 cm³/mol. The van der Waals surface area contributed by atoms with Crippen LogP contribution in [0.1, 0.15) is 65.7 Å². The lowest BCUT2D eigenvalue weighted by Gasteiger charge is -1.93. The predicted octanol–water partition coefficient (Wildman–Crippen LogP) is 1.25. The number of cyclic esters (lactones) is 1. The number of carboxylic acid groups (broad SMARTS) is 3. The second-order valence-electron chi connectivity index (χ2n) is 5.85.